The predicted molar refractivity (Wildman–Crippen MR) is 61.3 cm³/mol. The maximum absolute atomic E-state index is 11.3. The molecule has 1 aromatic carbocycles. The van der Waals surface area contributed by atoms with Crippen LogP contribution in [0.3, 0.4) is 0 Å². The summed E-state index contributed by atoms with van der Waals surface area (Å²) in [5.74, 6) is -0.261. The number of likely N-dealkylation sites (N-methyl/N-ethyl adjacent to an activating group) is 1. The molecule has 5 heteroatoms. The molecule has 0 aliphatic rings. The van der Waals surface area contributed by atoms with Crippen LogP contribution in [0, 0.1) is 0 Å². The number of nitrogen functional groups attached to an aromatic ring is 1. The number of anilines is 1. The number of rotatable bonds is 3. The second-order valence-electron chi connectivity index (χ2n) is 3.17. The number of nitrogens with two attached hydrogens (primary N) is 1. The van der Waals surface area contributed by atoms with Crippen LogP contribution in [0.2, 0.25) is 0 Å². The first kappa shape index (κ1) is 12.1. The van der Waals surface area contributed by atoms with E-state index in [-0.39, 0.29) is 11.7 Å². The van der Waals surface area contributed by atoms with E-state index in [4.69, 9.17) is 10.6 Å². The summed E-state index contributed by atoms with van der Waals surface area (Å²) >= 11 is 0. The molecule has 0 bridgehead atoms. The van der Waals surface area contributed by atoms with Crippen LogP contribution < -0.4 is 5.73 Å². The van der Waals surface area contributed by atoms with E-state index in [0.29, 0.717) is 11.3 Å². The van der Waals surface area contributed by atoms with Crippen molar-refractivity contribution in [2.24, 2.45) is 0 Å². The Labute approximate surface area is 93.7 Å². The highest BCUT2D eigenvalue weighted by atomic mass is 16.7. The van der Waals surface area contributed by atoms with Gasteiger partial charge in [-0.15, -0.1) is 0 Å². The minimum Gasteiger partial charge on any atom is -0.507 e. The molecule has 0 aromatic heterocycles. The minimum atomic E-state index is -0.329. The van der Waals surface area contributed by atoms with Crippen LogP contribution >= 0.6 is 0 Å². The molecule has 1 rings (SSSR count). The van der Waals surface area contributed by atoms with E-state index in [1.54, 1.807) is 12.1 Å². The average molecular weight is 222 g/mol. The molecule has 0 atom stereocenters. The van der Waals surface area contributed by atoms with Crippen LogP contribution in [0.25, 0.3) is 6.08 Å². The maximum atomic E-state index is 11.3. The number of phenolic OH excluding ortho intramolecular Hbond substituents is 1. The molecule has 3 N–H and O–H groups in total. The van der Waals surface area contributed by atoms with Crippen molar-refractivity contribution >= 4 is 17.7 Å². The topological polar surface area (TPSA) is 75.8 Å². The van der Waals surface area contributed by atoms with Gasteiger partial charge < -0.3 is 10.8 Å². The van der Waals surface area contributed by atoms with Crippen LogP contribution in [0.5, 0.6) is 5.75 Å². The summed E-state index contributed by atoms with van der Waals surface area (Å²) in [5.41, 5.74) is 6.56. The molecule has 0 radical (unpaired) electrons. The largest absolute Gasteiger partial charge is 0.507 e. The van der Waals surface area contributed by atoms with Gasteiger partial charge in [0, 0.05) is 24.4 Å². The fourth-order valence-corrected chi connectivity index (χ4v) is 1.06. The van der Waals surface area contributed by atoms with E-state index in [1.807, 2.05) is 0 Å². The van der Waals surface area contributed by atoms with Crippen molar-refractivity contribution in [3.05, 3.63) is 29.8 Å². The fourth-order valence-electron chi connectivity index (χ4n) is 1.06. The van der Waals surface area contributed by atoms with Gasteiger partial charge in [-0.1, -0.05) is 0 Å². The third kappa shape index (κ3) is 2.99. The number of hydrogen-bond acceptors (Lipinski definition) is 4. The first-order chi connectivity index (χ1) is 7.54. The number of benzene rings is 1. The number of carbonyl (C=O) groups is 1. The fraction of sp³-hybridized carbons (Fsp3) is 0.182. The zero-order valence-electron chi connectivity index (χ0n) is 9.18. The molecule has 5 nitrogen and oxygen atoms in total. The second kappa shape index (κ2) is 5.18. The Morgan fingerprint density at radius 2 is 2.25 bits per heavy atom. The van der Waals surface area contributed by atoms with E-state index in [1.165, 1.54) is 32.4 Å². The lowest BCUT2D eigenvalue weighted by atomic mass is 10.1. The van der Waals surface area contributed by atoms with E-state index < -0.39 is 0 Å². The molecule has 86 valence electrons. The van der Waals surface area contributed by atoms with Gasteiger partial charge in [0.15, 0.2) is 0 Å². The summed E-state index contributed by atoms with van der Waals surface area (Å²) in [6.45, 7) is 0. The molecule has 1 aromatic rings. The van der Waals surface area contributed by atoms with Gasteiger partial charge >= 0.3 is 0 Å². The maximum Gasteiger partial charge on any atom is 0.269 e. The summed E-state index contributed by atoms with van der Waals surface area (Å²) < 4.78 is 0. The number of amides is 1. The smallest absolute Gasteiger partial charge is 0.269 e. The van der Waals surface area contributed by atoms with Crippen molar-refractivity contribution in [3.8, 4) is 5.75 Å². The van der Waals surface area contributed by atoms with Crippen LogP contribution in [0.1, 0.15) is 5.56 Å². The molecule has 1 amide bonds. The van der Waals surface area contributed by atoms with Gasteiger partial charge in [-0.3, -0.25) is 9.63 Å². The second-order valence-corrected chi connectivity index (χ2v) is 3.17. The molecule has 0 spiro atoms. The molecule has 0 fully saturated rings. The van der Waals surface area contributed by atoms with E-state index in [2.05, 4.69) is 0 Å². The Morgan fingerprint density at radius 3 is 2.88 bits per heavy atom. The number of carbonyl (C=O) groups excluding carboxylic acids is 1. The molecular weight excluding hydrogens is 208 g/mol. The zero-order chi connectivity index (χ0) is 12.1. The van der Waals surface area contributed by atoms with Crippen molar-refractivity contribution < 1.29 is 14.7 Å². The lowest BCUT2D eigenvalue weighted by molar-refractivity contribution is -0.162. The van der Waals surface area contributed by atoms with Crippen molar-refractivity contribution in [2.45, 2.75) is 0 Å². The number of aromatic hydroxyl groups is 1. The van der Waals surface area contributed by atoms with Gasteiger partial charge in [0.25, 0.3) is 5.91 Å². The van der Waals surface area contributed by atoms with Crippen molar-refractivity contribution in [1.29, 1.82) is 0 Å². The summed E-state index contributed by atoms with van der Waals surface area (Å²) in [6.07, 6.45) is 2.77. The van der Waals surface area contributed by atoms with Gasteiger partial charge in [0.05, 0.1) is 7.11 Å². The van der Waals surface area contributed by atoms with E-state index in [0.717, 1.165) is 5.06 Å². The first-order valence-corrected chi connectivity index (χ1v) is 4.63. The van der Waals surface area contributed by atoms with Gasteiger partial charge in [-0.05, 0) is 24.3 Å². The molecule has 0 heterocycles. The Balaban J connectivity index is 2.84. The standard InChI is InChI=1S/C11H14N2O3/c1-13(16-2)11(15)6-3-8-7-9(12)4-5-10(8)14/h3-7,14H,12H2,1-2H3/b6-3+. The molecule has 0 aliphatic carbocycles. The summed E-state index contributed by atoms with van der Waals surface area (Å²) in [7, 11) is 2.88. The number of hydroxylamine groups is 2. The molecule has 0 aliphatic heterocycles. The van der Waals surface area contributed by atoms with Crippen molar-refractivity contribution in [2.75, 3.05) is 19.9 Å². The Kier molecular flexibility index (Phi) is 3.90. The minimum absolute atomic E-state index is 0.0679. The third-order valence-corrected chi connectivity index (χ3v) is 2.04. The molecular formula is C11H14N2O3. The Hall–Kier alpha value is -2.01. The monoisotopic (exact) mass is 222 g/mol. The SMILES string of the molecule is CON(C)C(=O)/C=C/c1cc(N)ccc1O. The van der Waals surface area contributed by atoms with Gasteiger partial charge in [-0.25, -0.2) is 5.06 Å². The van der Waals surface area contributed by atoms with E-state index in [9.17, 15) is 9.90 Å². The van der Waals surface area contributed by atoms with Crippen molar-refractivity contribution in [1.82, 2.24) is 5.06 Å². The molecule has 0 saturated heterocycles. The van der Waals surface area contributed by atoms with Crippen LogP contribution in [-0.4, -0.2) is 30.2 Å². The highest BCUT2D eigenvalue weighted by Crippen LogP contribution is 2.20. The van der Waals surface area contributed by atoms with Gasteiger partial charge in [0.1, 0.15) is 5.75 Å². The quantitative estimate of drug-likeness (QED) is 0.346. The third-order valence-electron chi connectivity index (χ3n) is 2.04. The van der Waals surface area contributed by atoms with Crippen LogP contribution in [0.4, 0.5) is 5.69 Å². The highest BCUT2D eigenvalue weighted by molar-refractivity contribution is 5.91. The number of nitrogens with zero attached hydrogens (tertiary/aromatic N) is 1. The lowest BCUT2D eigenvalue weighted by Gasteiger charge is -2.10. The van der Waals surface area contributed by atoms with E-state index >= 15 is 0 Å². The predicted octanol–water partition coefficient (Wildman–Crippen LogP) is 1.01. The number of hydrogen-bond donors (Lipinski definition) is 2. The summed E-state index contributed by atoms with van der Waals surface area (Å²) in [4.78, 5) is 16.0. The highest BCUT2D eigenvalue weighted by Gasteiger charge is 2.03. The van der Waals surface area contributed by atoms with Gasteiger partial charge in [-0.2, -0.15) is 0 Å². The molecule has 16 heavy (non-hydrogen) atoms. The van der Waals surface area contributed by atoms with Gasteiger partial charge in [0.2, 0.25) is 0 Å². The Bertz CT molecular complexity index is 416. The van der Waals surface area contributed by atoms with Crippen LogP contribution in [-0.2, 0) is 9.63 Å². The average Bonchev–Trinajstić information content (AvgIpc) is 2.28. The summed E-state index contributed by atoms with van der Waals surface area (Å²) in [5, 5.41) is 10.5. The summed E-state index contributed by atoms with van der Waals surface area (Å²) in [6, 6.07) is 4.63. The molecule has 0 unspecified atom stereocenters. The van der Waals surface area contributed by atoms with Crippen LogP contribution in [0.15, 0.2) is 24.3 Å². The number of phenols is 1. The zero-order valence-corrected chi connectivity index (χ0v) is 9.18. The van der Waals surface area contributed by atoms with Crippen molar-refractivity contribution in [3.63, 3.8) is 0 Å². The first-order valence-electron chi connectivity index (χ1n) is 4.63. The molecule has 0 saturated carbocycles. The lowest BCUT2D eigenvalue weighted by Crippen LogP contribution is -2.22. The normalized spacial score (nSPS) is 10.6. The Morgan fingerprint density at radius 1 is 1.56 bits per heavy atom.